The van der Waals surface area contributed by atoms with E-state index in [9.17, 15) is 14.7 Å². The molecule has 3 rings (SSSR count). The first-order chi connectivity index (χ1) is 12.1. The van der Waals surface area contributed by atoms with Gasteiger partial charge in [-0.15, -0.1) is 11.3 Å². The standard InChI is InChI=1S/C18H18N2O4S/c1-24-12-8-6-11(7-9-12)15-10-25-18(19-15)20-16(21)13-4-2-3-5-14(13)17(22)23/h2-3,6-10,13-14H,4-5H2,1H3,(H,22,23)(H,19,20,21)/t13-,14+/m1/s1. The van der Waals surface area contributed by atoms with Crippen LogP contribution in [0.2, 0.25) is 0 Å². The summed E-state index contributed by atoms with van der Waals surface area (Å²) in [6.45, 7) is 0. The molecule has 1 aromatic carbocycles. The summed E-state index contributed by atoms with van der Waals surface area (Å²) >= 11 is 1.32. The number of nitrogens with zero attached hydrogens (tertiary/aromatic N) is 1. The fourth-order valence-electron chi connectivity index (χ4n) is 2.80. The summed E-state index contributed by atoms with van der Waals surface area (Å²) in [4.78, 5) is 28.2. The third-order valence-electron chi connectivity index (χ3n) is 4.21. The van der Waals surface area contributed by atoms with Crippen molar-refractivity contribution in [1.82, 2.24) is 4.98 Å². The highest BCUT2D eigenvalue weighted by Gasteiger charge is 2.34. The number of carbonyl (C=O) groups is 2. The second kappa shape index (κ2) is 7.48. The Morgan fingerprint density at radius 3 is 2.52 bits per heavy atom. The van der Waals surface area contributed by atoms with Crippen molar-refractivity contribution < 1.29 is 19.4 Å². The normalized spacial score (nSPS) is 19.4. The SMILES string of the molecule is COc1ccc(-c2csc(NC(=O)[C@@H]3CC=CC[C@@H]3C(=O)O)n2)cc1. The molecular weight excluding hydrogens is 340 g/mol. The molecule has 0 bridgehead atoms. The number of hydrogen-bond donors (Lipinski definition) is 2. The molecule has 1 aliphatic rings. The van der Waals surface area contributed by atoms with Gasteiger partial charge in [-0.25, -0.2) is 4.98 Å². The average molecular weight is 358 g/mol. The van der Waals surface area contributed by atoms with Crippen molar-refractivity contribution in [1.29, 1.82) is 0 Å². The molecule has 0 spiro atoms. The van der Waals surface area contributed by atoms with E-state index in [1.807, 2.05) is 41.8 Å². The summed E-state index contributed by atoms with van der Waals surface area (Å²) in [5.41, 5.74) is 1.67. The van der Waals surface area contributed by atoms with Gasteiger partial charge in [-0.2, -0.15) is 0 Å². The van der Waals surface area contributed by atoms with E-state index in [1.165, 1.54) is 11.3 Å². The van der Waals surface area contributed by atoms with Crippen LogP contribution in [0.4, 0.5) is 5.13 Å². The van der Waals surface area contributed by atoms with Crippen molar-refractivity contribution in [3.63, 3.8) is 0 Å². The van der Waals surface area contributed by atoms with Crippen molar-refractivity contribution in [2.24, 2.45) is 11.8 Å². The number of benzene rings is 1. The van der Waals surface area contributed by atoms with Crippen LogP contribution < -0.4 is 10.1 Å². The van der Waals surface area contributed by atoms with E-state index in [1.54, 1.807) is 7.11 Å². The van der Waals surface area contributed by atoms with Gasteiger partial charge in [0.05, 0.1) is 24.6 Å². The molecule has 1 amide bonds. The smallest absolute Gasteiger partial charge is 0.307 e. The number of nitrogens with one attached hydrogen (secondary N) is 1. The van der Waals surface area contributed by atoms with E-state index < -0.39 is 17.8 Å². The molecule has 0 saturated heterocycles. The highest BCUT2D eigenvalue weighted by Crippen LogP contribution is 2.30. The average Bonchev–Trinajstić information content (AvgIpc) is 3.10. The van der Waals surface area contributed by atoms with Gasteiger partial charge in [-0.1, -0.05) is 12.2 Å². The maximum absolute atomic E-state index is 12.5. The summed E-state index contributed by atoms with van der Waals surface area (Å²) in [6.07, 6.45) is 4.48. The van der Waals surface area contributed by atoms with Gasteiger partial charge in [0.1, 0.15) is 5.75 Å². The lowest BCUT2D eigenvalue weighted by atomic mass is 9.82. The van der Waals surface area contributed by atoms with Gasteiger partial charge in [0.25, 0.3) is 0 Å². The number of carboxylic acids is 1. The Labute approximate surface area is 149 Å². The second-order valence-electron chi connectivity index (χ2n) is 5.75. The number of anilines is 1. The minimum absolute atomic E-state index is 0.299. The number of thiazole rings is 1. The van der Waals surface area contributed by atoms with Crippen molar-refractivity contribution in [3.05, 3.63) is 41.8 Å². The molecule has 2 aromatic rings. The van der Waals surface area contributed by atoms with Crippen molar-refractivity contribution in [3.8, 4) is 17.0 Å². The Morgan fingerprint density at radius 1 is 1.20 bits per heavy atom. The van der Waals surface area contributed by atoms with Crippen LogP contribution in [0, 0.1) is 11.8 Å². The Balaban J connectivity index is 1.71. The second-order valence-corrected chi connectivity index (χ2v) is 6.61. The molecule has 6 nitrogen and oxygen atoms in total. The summed E-state index contributed by atoms with van der Waals surface area (Å²) in [5.74, 6) is -1.74. The molecule has 1 heterocycles. The summed E-state index contributed by atoms with van der Waals surface area (Å²) in [7, 11) is 1.61. The number of allylic oxidation sites excluding steroid dienone is 2. The predicted octanol–water partition coefficient (Wildman–Crippen LogP) is 3.42. The van der Waals surface area contributed by atoms with Crippen molar-refractivity contribution >= 4 is 28.3 Å². The molecule has 0 saturated carbocycles. The van der Waals surface area contributed by atoms with Crippen LogP contribution in [-0.2, 0) is 9.59 Å². The van der Waals surface area contributed by atoms with Crippen LogP contribution in [0.3, 0.4) is 0 Å². The van der Waals surface area contributed by atoms with Crippen LogP contribution in [0.1, 0.15) is 12.8 Å². The number of amides is 1. The monoisotopic (exact) mass is 358 g/mol. The van der Waals surface area contributed by atoms with Gasteiger partial charge in [0.15, 0.2) is 5.13 Å². The Kier molecular flexibility index (Phi) is 5.14. The first kappa shape index (κ1) is 17.2. The van der Waals surface area contributed by atoms with E-state index in [0.717, 1.165) is 17.0 Å². The van der Waals surface area contributed by atoms with Gasteiger partial charge in [-0.05, 0) is 37.1 Å². The maximum Gasteiger partial charge on any atom is 0.307 e. The van der Waals surface area contributed by atoms with Gasteiger partial charge in [0.2, 0.25) is 5.91 Å². The zero-order valence-electron chi connectivity index (χ0n) is 13.6. The summed E-state index contributed by atoms with van der Waals surface area (Å²) < 4.78 is 5.13. The lowest BCUT2D eigenvalue weighted by molar-refractivity contribution is -0.146. The van der Waals surface area contributed by atoms with E-state index in [4.69, 9.17) is 4.74 Å². The molecular formula is C18H18N2O4S. The molecule has 0 radical (unpaired) electrons. The van der Waals surface area contributed by atoms with Crippen LogP contribution in [-0.4, -0.2) is 29.1 Å². The Hall–Kier alpha value is -2.67. The van der Waals surface area contributed by atoms with E-state index >= 15 is 0 Å². The molecule has 0 aliphatic heterocycles. The van der Waals surface area contributed by atoms with Gasteiger partial charge >= 0.3 is 5.97 Å². The first-order valence-corrected chi connectivity index (χ1v) is 8.75. The number of carbonyl (C=O) groups excluding carboxylic acids is 1. The highest BCUT2D eigenvalue weighted by atomic mass is 32.1. The number of aromatic nitrogens is 1. The predicted molar refractivity (Wildman–Crippen MR) is 95.7 cm³/mol. The minimum atomic E-state index is -0.942. The zero-order valence-corrected chi connectivity index (χ0v) is 14.5. The van der Waals surface area contributed by atoms with Gasteiger partial charge < -0.3 is 15.2 Å². The number of ether oxygens (including phenoxy) is 1. The first-order valence-electron chi connectivity index (χ1n) is 7.87. The minimum Gasteiger partial charge on any atom is -0.497 e. The zero-order chi connectivity index (χ0) is 17.8. The van der Waals surface area contributed by atoms with Crippen LogP contribution in [0.5, 0.6) is 5.75 Å². The van der Waals surface area contributed by atoms with Crippen LogP contribution in [0.25, 0.3) is 11.3 Å². The molecule has 130 valence electrons. The molecule has 25 heavy (non-hydrogen) atoms. The van der Waals surface area contributed by atoms with Gasteiger partial charge in [0, 0.05) is 10.9 Å². The largest absolute Gasteiger partial charge is 0.497 e. The molecule has 0 unspecified atom stereocenters. The van der Waals surface area contributed by atoms with Crippen LogP contribution >= 0.6 is 11.3 Å². The molecule has 1 aliphatic carbocycles. The fraction of sp³-hybridized carbons (Fsp3) is 0.278. The summed E-state index contributed by atoms with van der Waals surface area (Å²) in [6, 6.07) is 7.48. The number of methoxy groups -OCH3 is 1. The molecule has 1 aromatic heterocycles. The lowest BCUT2D eigenvalue weighted by Gasteiger charge is -2.23. The quantitative estimate of drug-likeness (QED) is 0.800. The van der Waals surface area contributed by atoms with Crippen LogP contribution in [0.15, 0.2) is 41.8 Å². The number of hydrogen-bond acceptors (Lipinski definition) is 5. The number of carboxylic acid groups (broad SMARTS) is 1. The maximum atomic E-state index is 12.5. The van der Waals surface area contributed by atoms with Crippen molar-refractivity contribution in [2.45, 2.75) is 12.8 Å². The lowest BCUT2D eigenvalue weighted by Crippen LogP contribution is -2.34. The third-order valence-corrected chi connectivity index (χ3v) is 4.96. The molecule has 2 atom stereocenters. The van der Waals surface area contributed by atoms with E-state index in [-0.39, 0.29) is 5.91 Å². The summed E-state index contributed by atoms with van der Waals surface area (Å²) in [5, 5.41) is 14.4. The number of aliphatic carboxylic acids is 1. The highest BCUT2D eigenvalue weighted by molar-refractivity contribution is 7.14. The molecule has 0 fully saturated rings. The number of rotatable bonds is 5. The van der Waals surface area contributed by atoms with Gasteiger partial charge in [-0.3, -0.25) is 9.59 Å². The Bertz CT molecular complexity index is 798. The Morgan fingerprint density at radius 2 is 1.88 bits per heavy atom. The third kappa shape index (κ3) is 3.88. The van der Waals surface area contributed by atoms with E-state index in [0.29, 0.717) is 18.0 Å². The topological polar surface area (TPSA) is 88.5 Å². The van der Waals surface area contributed by atoms with Crippen molar-refractivity contribution in [2.75, 3.05) is 12.4 Å². The fourth-order valence-corrected chi connectivity index (χ4v) is 3.52. The molecule has 2 N–H and O–H groups in total. The molecule has 7 heteroatoms. The van der Waals surface area contributed by atoms with E-state index in [2.05, 4.69) is 10.3 Å².